The molecule has 5 rings (SSSR count). The molecule has 45 heavy (non-hydrogen) atoms. The van der Waals surface area contributed by atoms with Crippen LogP contribution in [0.5, 0.6) is 23.0 Å². The number of ether oxygens (including phenoxy) is 2. The second-order valence-electron chi connectivity index (χ2n) is 12.6. The molecule has 0 saturated carbocycles. The number of rotatable bonds is 17. The number of fused-ring (bicyclic) bond motifs is 6. The third-order valence-corrected chi connectivity index (χ3v) is 10.1. The molecule has 2 aliphatic rings. The van der Waals surface area contributed by atoms with E-state index in [4.69, 9.17) is 32.7 Å². The lowest BCUT2D eigenvalue weighted by Crippen LogP contribution is -2.34. The lowest BCUT2D eigenvalue weighted by Gasteiger charge is -2.38. The largest absolute Gasteiger partial charge is 0.506 e. The number of phenolic OH excluding ortho intramolecular Hbond substituents is 2. The van der Waals surface area contributed by atoms with E-state index < -0.39 is 11.6 Å². The minimum Gasteiger partial charge on any atom is -0.506 e. The third kappa shape index (κ3) is 7.25. The zero-order valence-corrected chi connectivity index (χ0v) is 27.9. The normalized spacial score (nSPS) is 16.3. The van der Waals surface area contributed by atoms with E-state index in [-0.39, 0.29) is 21.5 Å². The van der Waals surface area contributed by atoms with Gasteiger partial charge >= 0.3 is 5.97 Å². The van der Waals surface area contributed by atoms with Gasteiger partial charge in [0.1, 0.15) is 23.0 Å². The summed E-state index contributed by atoms with van der Waals surface area (Å²) < 4.78 is 12.5. The first-order valence-corrected chi connectivity index (χ1v) is 17.7. The first kappa shape index (κ1) is 33.5. The summed E-state index contributed by atoms with van der Waals surface area (Å²) in [5, 5.41) is 21.5. The number of hydrogen-bond donors (Lipinski definition) is 2. The van der Waals surface area contributed by atoms with Gasteiger partial charge in [0.05, 0.1) is 21.2 Å². The van der Waals surface area contributed by atoms with Crippen LogP contribution < -0.4 is 4.74 Å². The van der Waals surface area contributed by atoms with Crippen molar-refractivity contribution in [2.45, 2.75) is 122 Å². The molecule has 0 radical (unpaired) electrons. The number of unbranched alkanes of at least 4 members (excludes halogenated alkanes) is 15. The van der Waals surface area contributed by atoms with Crippen molar-refractivity contribution in [1.29, 1.82) is 0 Å². The maximum absolute atomic E-state index is 13.3. The number of aromatic hydroxyl groups is 2. The summed E-state index contributed by atoms with van der Waals surface area (Å²) in [6, 6.07) is 11.7. The highest BCUT2D eigenvalue weighted by Crippen LogP contribution is 2.60. The first-order valence-electron chi connectivity index (χ1n) is 17.0. The Morgan fingerprint density at radius 1 is 0.689 bits per heavy atom. The molecule has 2 heterocycles. The molecule has 0 amide bonds. The predicted molar refractivity (Wildman–Crippen MR) is 181 cm³/mol. The molecule has 0 aliphatic carbocycles. The topological polar surface area (TPSA) is 76.0 Å². The quantitative estimate of drug-likeness (QED) is 0.112. The van der Waals surface area contributed by atoms with E-state index in [0.29, 0.717) is 45.7 Å². The number of hydrogen-bond acceptors (Lipinski definition) is 5. The number of phenols is 2. The van der Waals surface area contributed by atoms with Gasteiger partial charge < -0.3 is 19.7 Å². The van der Waals surface area contributed by atoms with Crippen LogP contribution in [0.3, 0.4) is 0 Å². The van der Waals surface area contributed by atoms with E-state index in [1.807, 2.05) is 12.1 Å². The first-order chi connectivity index (χ1) is 21.9. The third-order valence-electron chi connectivity index (χ3n) is 9.36. The highest BCUT2D eigenvalue weighted by Gasteiger charge is 2.55. The van der Waals surface area contributed by atoms with Crippen molar-refractivity contribution in [3.05, 3.63) is 80.3 Å². The molecule has 2 N–H and O–H groups in total. The molecule has 1 spiro atoms. The van der Waals surface area contributed by atoms with Crippen molar-refractivity contribution < 1.29 is 24.5 Å². The standard InChI is InChI=1S/C38H46Cl2O5/c1-2-3-4-5-6-7-8-9-10-11-12-13-14-15-16-17-21-27-35-34(25-32(42)36(27)40)44-33-24-31(41)30(39)23-29(33)38(35)28-22-19-18-20-26(28)37(43)45-38/h18-20,22-25,41-42H,2-17,21H2,1H3. The van der Waals surface area contributed by atoms with Gasteiger partial charge in [-0.2, -0.15) is 0 Å². The lowest BCUT2D eigenvalue weighted by molar-refractivity contribution is 0.0221. The van der Waals surface area contributed by atoms with Gasteiger partial charge in [0.15, 0.2) is 5.60 Å². The van der Waals surface area contributed by atoms with E-state index in [9.17, 15) is 15.0 Å². The van der Waals surface area contributed by atoms with E-state index >= 15 is 0 Å². The summed E-state index contributed by atoms with van der Waals surface area (Å²) in [6.45, 7) is 2.27. The Morgan fingerprint density at radius 3 is 1.87 bits per heavy atom. The summed E-state index contributed by atoms with van der Waals surface area (Å²) >= 11 is 13.2. The van der Waals surface area contributed by atoms with Crippen LogP contribution in [0.25, 0.3) is 0 Å². The summed E-state index contributed by atoms with van der Waals surface area (Å²) in [4.78, 5) is 13.3. The van der Waals surface area contributed by atoms with Crippen LogP contribution in [-0.4, -0.2) is 16.2 Å². The smallest absolute Gasteiger partial charge is 0.340 e. The lowest BCUT2D eigenvalue weighted by atomic mass is 9.75. The molecule has 3 aromatic carbocycles. The van der Waals surface area contributed by atoms with Crippen LogP contribution in [0.15, 0.2) is 42.5 Å². The summed E-state index contributed by atoms with van der Waals surface area (Å²) in [5.41, 5.74) is 1.51. The van der Waals surface area contributed by atoms with Crippen LogP contribution in [-0.2, 0) is 16.8 Å². The molecule has 0 aromatic heterocycles. The molecule has 7 heteroatoms. The fourth-order valence-corrected chi connectivity index (χ4v) is 7.39. The summed E-state index contributed by atoms with van der Waals surface area (Å²) in [5.74, 6) is -0.0910. The van der Waals surface area contributed by atoms with Gasteiger partial charge in [-0.1, -0.05) is 145 Å². The number of carbonyl (C=O) groups is 1. The van der Waals surface area contributed by atoms with E-state index in [2.05, 4.69) is 6.92 Å². The highest BCUT2D eigenvalue weighted by atomic mass is 35.5. The van der Waals surface area contributed by atoms with Crippen LogP contribution in [0, 0.1) is 0 Å². The molecule has 0 saturated heterocycles. The molecule has 1 unspecified atom stereocenters. The van der Waals surface area contributed by atoms with Gasteiger partial charge in [-0.25, -0.2) is 4.79 Å². The Morgan fingerprint density at radius 2 is 1.24 bits per heavy atom. The second-order valence-corrected chi connectivity index (χ2v) is 13.4. The van der Waals surface area contributed by atoms with E-state index in [1.165, 1.54) is 95.6 Å². The van der Waals surface area contributed by atoms with Gasteiger partial charge in [-0.05, 0) is 30.5 Å². The number of esters is 1. The minimum atomic E-state index is -1.38. The SMILES string of the molecule is CCCCCCCCCCCCCCCCCCc1c(Cl)c(O)cc2c1C1(OC(=O)c3ccccc31)c1cc(Cl)c(O)cc1O2. The summed E-state index contributed by atoms with van der Waals surface area (Å²) in [6.07, 6.45) is 21.1. The minimum absolute atomic E-state index is 0.101. The fourth-order valence-electron chi connectivity index (χ4n) is 6.98. The number of carbonyl (C=O) groups excluding carboxylic acids is 1. The number of benzene rings is 3. The van der Waals surface area contributed by atoms with Crippen molar-refractivity contribution in [1.82, 2.24) is 0 Å². The Hall–Kier alpha value is -2.89. The van der Waals surface area contributed by atoms with Crippen LogP contribution >= 0.6 is 23.2 Å². The van der Waals surface area contributed by atoms with Crippen molar-refractivity contribution in [2.75, 3.05) is 0 Å². The molecule has 2 aliphatic heterocycles. The second kappa shape index (κ2) is 15.6. The molecular weight excluding hydrogens is 607 g/mol. The van der Waals surface area contributed by atoms with Gasteiger partial charge in [0.25, 0.3) is 0 Å². The van der Waals surface area contributed by atoms with Crippen molar-refractivity contribution in [3.8, 4) is 23.0 Å². The van der Waals surface area contributed by atoms with Crippen LogP contribution in [0.1, 0.15) is 142 Å². The van der Waals surface area contributed by atoms with Crippen molar-refractivity contribution in [3.63, 3.8) is 0 Å². The highest BCUT2D eigenvalue weighted by molar-refractivity contribution is 6.33. The van der Waals surface area contributed by atoms with Crippen molar-refractivity contribution >= 4 is 29.2 Å². The Bertz CT molecular complexity index is 1490. The molecule has 0 bridgehead atoms. The predicted octanol–water partition coefficient (Wildman–Crippen LogP) is 11.8. The van der Waals surface area contributed by atoms with Crippen molar-refractivity contribution in [2.24, 2.45) is 0 Å². The average Bonchev–Trinajstić information content (AvgIpc) is 3.32. The monoisotopic (exact) mass is 652 g/mol. The van der Waals surface area contributed by atoms with E-state index in [0.717, 1.165) is 19.3 Å². The number of halogens is 2. The molecule has 0 fully saturated rings. The molecule has 242 valence electrons. The Labute approximate surface area is 277 Å². The van der Waals surface area contributed by atoms with Gasteiger partial charge in [0.2, 0.25) is 0 Å². The van der Waals surface area contributed by atoms with Gasteiger partial charge in [-0.3, -0.25) is 0 Å². The maximum Gasteiger partial charge on any atom is 0.340 e. The maximum atomic E-state index is 13.3. The molecule has 5 nitrogen and oxygen atoms in total. The molecular formula is C38H46Cl2O5. The van der Waals surface area contributed by atoms with Crippen LogP contribution in [0.4, 0.5) is 0 Å². The van der Waals surface area contributed by atoms with Crippen LogP contribution in [0.2, 0.25) is 10.0 Å². The molecule has 3 aromatic rings. The average molecular weight is 654 g/mol. The Kier molecular flexibility index (Phi) is 11.6. The summed E-state index contributed by atoms with van der Waals surface area (Å²) in [7, 11) is 0. The van der Waals surface area contributed by atoms with E-state index in [1.54, 1.807) is 18.2 Å². The van der Waals surface area contributed by atoms with Gasteiger partial charge in [-0.15, -0.1) is 0 Å². The zero-order chi connectivity index (χ0) is 31.8. The van der Waals surface area contributed by atoms with Gasteiger partial charge in [0, 0.05) is 23.3 Å². The zero-order valence-electron chi connectivity index (χ0n) is 26.4. The molecule has 1 atom stereocenters. The fraction of sp³-hybridized carbons (Fsp3) is 0.500. The Balaban J connectivity index is 1.22.